The van der Waals surface area contributed by atoms with Gasteiger partial charge in [-0.25, -0.2) is 0 Å². The van der Waals surface area contributed by atoms with Crippen molar-refractivity contribution in [1.29, 1.82) is 0 Å². The van der Waals surface area contributed by atoms with E-state index in [-0.39, 0.29) is 5.91 Å². The van der Waals surface area contributed by atoms with E-state index < -0.39 is 5.60 Å². The summed E-state index contributed by atoms with van der Waals surface area (Å²) in [5, 5.41) is 13.6. The second kappa shape index (κ2) is 4.78. The quantitative estimate of drug-likeness (QED) is 0.883. The molecule has 2 fully saturated rings. The summed E-state index contributed by atoms with van der Waals surface area (Å²) >= 11 is 5.78. The zero-order chi connectivity index (χ0) is 13.5. The first-order valence-corrected chi connectivity index (χ1v) is 6.93. The fraction of sp³-hybridized carbons (Fsp3) is 0.500. The first kappa shape index (κ1) is 12.9. The third kappa shape index (κ3) is 2.91. The van der Waals surface area contributed by atoms with Crippen LogP contribution < -0.4 is 5.32 Å². The van der Waals surface area contributed by atoms with Gasteiger partial charge in [-0.2, -0.15) is 0 Å². The zero-order valence-corrected chi connectivity index (χ0v) is 11.4. The summed E-state index contributed by atoms with van der Waals surface area (Å²) in [5.41, 5.74) is 0.216. The van der Waals surface area contributed by atoms with Crippen LogP contribution in [-0.4, -0.2) is 41.1 Å². The Kier molecular flexibility index (Phi) is 3.25. The molecule has 5 heteroatoms. The molecule has 1 heterocycles. The van der Waals surface area contributed by atoms with Crippen LogP contribution in [0.4, 0.5) is 5.69 Å². The van der Waals surface area contributed by atoms with Crippen LogP contribution in [0.15, 0.2) is 24.3 Å². The van der Waals surface area contributed by atoms with E-state index in [1.54, 1.807) is 24.3 Å². The molecule has 0 unspecified atom stereocenters. The Bertz CT molecular complexity index is 479. The number of β-amino-alcohol motifs (C(OH)–C–C–N with tert-alkyl or cyclic N) is 1. The summed E-state index contributed by atoms with van der Waals surface area (Å²) < 4.78 is 0. The predicted molar refractivity (Wildman–Crippen MR) is 74.2 cm³/mol. The summed E-state index contributed by atoms with van der Waals surface area (Å²) in [6.07, 6.45) is 2.25. The van der Waals surface area contributed by atoms with Crippen LogP contribution in [0.1, 0.15) is 12.8 Å². The normalized spacial score (nSPS) is 21.8. The van der Waals surface area contributed by atoms with Crippen molar-refractivity contribution in [2.24, 2.45) is 5.92 Å². The summed E-state index contributed by atoms with van der Waals surface area (Å²) in [4.78, 5) is 13.8. The van der Waals surface area contributed by atoms with Gasteiger partial charge in [-0.15, -0.1) is 0 Å². The molecule has 0 bridgehead atoms. The van der Waals surface area contributed by atoms with E-state index in [1.807, 2.05) is 4.90 Å². The minimum atomic E-state index is -0.527. The minimum Gasteiger partial charge on any atom is -0.387 e. The number of carbonyl (C=O) groups is 1. The molecule has 1 aliphatic heterocycles. The van der Waals surface area contributed by atoms with Crippen molar-refractivity contribution in [3.63, 3.8) is 0 Å². The average Bonchev–Trinajstić information content (AvgIpc) is 3.14. The highest BCUT2D eigenvalue weighted by Crippen LogP contribution is 2.44. The molecular formula is C14H17ClN2O2. The van der Waals surface area contributed by atoms with E-state index in [9.17, 15) is 9.90 Å². The molecule has 102 valence electrons. The Morgan fingerprint density at radius 3 is 2.58 bits per heavy atom. The molecule has 1 aromatic rings. The van der Waals surface area contributed by atoms with Crippen LogP contribution in [0.2, 0.25) is 5.02 Å². The molecule has 1 aromatic carbocycles. The standard InChI is InChI=1S/C14H17ClN2O2/c15-11-3-5-12(6-4-11)16-13(18)7-17-8-14(19,9-17)10-1-2-10/h3-6,10,19H,1-2,7-9H2,(H,16,18). The van der Waals surface area contributed by atoms with E-state index in [4.69, 9.17) is 11.6 Å². The number of hydrogen-bond acceptors (Lipinski definition) is 3. The SMILES string of the molecule is O=C(CN1CC(O)(C2CC2)C1)Nc1ccc(Cl)cc1. The molecule has 1 amide bonds. The number of nitrogens with one attached hydrogen (secondary N) is 1. The van der Waals surface area contributed by atoms with Crippen molar-refractivity contribution in [1.82, 2.24) is 4.90 Å². The van der Waals surface area contributed by atoms with Gasteiger partial charge in [0.1, 0.15) is 0 Å². The topological polar surface area (TPSA) is 52.6 Å². The molecule has 2 aliphatic rings. The van der Waals surface area contributed by atoms with Crippen molar-refractivity contribution in [2.45, 2.75) is 18.4 Å². The maximum Gasteiger partial charge on any atom is 0.238 e. The Morgan fingerprint density at radius 1 is 1.37 bits per heavy atom. The number of halogens is 1. The van der Waals surface area contributed by atoms with Crippen LogP contribution in [0.5, 0.6) is 0 Å². The number of nitrogens with zero attached hydrogens (tertiary/aromatic N) is 1. The highest BCUT2D eigenvalue weighted by molar-refractivity contribution is 6.30. The largest absolute Gasteiger partial charge is 0.387 e. The molecular weight excluding hydrogens is 264 g/mol. The molecule has 19 heavy (non-hydrogen) atoms. The van der Waals surface area contributed by atoms with Crippen LogP contribution in [-0.2, 0) is 4.79 Å². The van der Waals surface area contributed by atoms with Gasteiger partial charge in [-0.05, 0) is 43.0 Å². The zero-order valence-electron chi connectivity index (χ0n) is 10.6. The smallest absolute Gasteiger partial charge is 0.238 e. The Labute approximate surface area is 117 Å². The van der Waals surface area contributed by atoms with Crippen molar-refractivity contribution in [3.05, 3.63) is 29.3 Å². The van der Waals surface area contributed by atoms with Gasteiger partial charge in [0.2, 0.25) is 5.91 Å². The van der Waals surface area contributed by atoms with Gasteiger partial charge in [-0.1, -0.05) is 11.6 Å². The van der Waals surface area contributed by atoms with E-state index in [2.05, 4.69) is 5.32 Å². The molecule has 2 N–H and O–H groups in total. The number of carbonyl (C=O) groups excluding carboxylic acids is 1. The fourth-order valence-corrected chi connectivity index (χ4v) is 2.78. The number of anilines is 1. The lowest BCUT2D eigenvalue weighted by molar-refractivity contribution is -0.132. The van der Waals surface area contributed by atoms with Gasteiger partial charge < -0.3 is 10.4 Å². The lowest BCUT2D eigenvalue weighted by Gasteiger charge is -2.46. The van der Waals surface area contributed by atoms with Crippen LogP contribution in [0, 0.1) is 5.92 Å². The van der Waals surface area contributed by atoms with E-state index in [1.165, 1.54) is 0 Å². The third-order valence-electron chi connectivity index (χ3n) is 3.83. The maximum absolute atomic E-state index is 11.8. The third-order valence-corrected chi connectivity index (χ3v) is 4.08. The molecule has 1 aliphatic carbocycles. The summed E-state index contributed by atoms with van der Waals surface area (Å²) in [7, 11) is 0. The second-order valence-electron chi connectivity index (χ2n) is 5.58. The van der Waals surface area contributed by atoms with Gasteiger partial charge in [0.25, 0.3) is 0 Å². The summed E-state index contributed by atoms with van der Waals surface area (Å²) in [5.74, 6) is 0.406. The molecule has 1 saturated carbocycles. The number of benzene rings is 1. The minimum absolute atomic E-state index is 0.0554. The highest BCUT2D eigenvalue weighted by atomic mass is 35.5. The van der Waals surface area contributed by atoms with Crippen molar-refractivity contribution in [3.8, 4) is 0 Å². The van der Waals surface area contributed by atoms with E-state index >= 15 is 0 Å². The molecule has 0 radical (unpaired) electrons. The summed E-state index contributed by atoms with van der Waals surface area (Å²) in [6, 6.07) is 7.03. The molecule has 3 rings (SSSR count). The number of hydrogen-bond donors (Lipinski definition) is 2. The monoisotopic (exact) mass is 280 g/mol. The Hall–Kier alpha value is -1.10. The van der Waals surface area contributed by atoms with Crippen molar-refractivity contribution < 1.29 is 9.90 Å². The molecule has 4 nitrogen and oxygen atoms in total. The number of likely N-dealkylation sites (tertiary alicyclic amines) is 1. The van der Waals surface area contributed by atoms with Crippen LogP contribution in [0.3, 0.4) is 0 Å². The van der Waals surface area contributed by atoms with E-state index in [0.29, 0.717) is 30.6 Å². The summed E-state index contributed by atoms with van der Waals surface area (Å²) in [6.45, 7) is 1.56. The van der Waals surface area contributed by atoms with Crippen molar-refractivity contribution >= 4 is 23.2 Å². The Morgan fingerprint density at radius 2 is 2.00 bits per heavy atom. The first-order chi connectivity index (χ1) is 9.05. The molecule has 0 atom stereocenters. The second-order valence-corrected chi connectivity index (χ2v) is 6.01. The van der Waals surface area contributed by atoms with Gasteiger partial charge in [0, 0.05) is 23.8 Å². The lowest BCUT2D eigenvalue weighted by Crippen LogP contribution is -2.64. The Balaban J connectivity index is 1.46. The van der Waals surface area contributed by atoms with E-state index in [0.717, 1.165) is 18.5 Å². The van der Waals surface area contributed by atoms with Crippen LogP contribution in [0.25, 0.3) is 0 Å². The average molecular weight is 281 g/mol. The highest BCUT2D eigenvalue weighted by Gasteiger charge is 2.51. The van der Waals surface area contributed by atoms with Gasteiger partial charge in [0.05, 0.1) is 12.1 Å². The van der Waals surface area contributed by atoms with Crippen LogP contribution >= 0.6 is 11.6 Å². The maximum atomic E-state index is 11.8. The van der Waals surface area contributed by atoms with Gasteiger partial charge in [-0.3, -0.25) is 9.69 Å². The van der Waals surface area contributed by atoms with Gasteiger partial charge >= 0.3 is 0 Å². The number of rotatable bonds is 4. The fourth-order valence-electron chi connectivity index (χ4n) is 2.66. The lowest BCUT2D eigenvalue weighted by atomic mass is 9.89. The van der Waals surface area contributed by atoms with Crippen molar-refractivity contribution in [2.75, 3.05) is 25.0 Å². The van der Waals surface area contributed by atoms with Gasteiger partial charge in [0.15, 0.2) is 0 Å². The first-order valence-electron chi connectivity index (χ1n) is 6.55. The molecule has 0 spiro atoms. The molecule has 1 saturated heterocycles. The molecule has 0 aromatic heterocycles. The number of aliphatic hydroxyl groups is 1. The predicted octanol–water partition coefficient (Wildman–Crippen LogP) is 1.74. The number of amides is 1.